The molecule has 2 aromatic rings. The summed E-state index contributed by atoms with van der Waals surface area (Å²) in [6.45, 7) is 1.27. The number of carbonyl (C=O) groups excluding carboxylic acids is 1. The van der Waals surface area contributed by atoms with E-state index in [1.54, 1.807) is 0 Å². The quantitative estimate of drug-likeness (QED) is 0.599. The lowest BCUT2D eigenvalue weighted by atomic mass is 10.2. The zero-order valence-corrected chi connectivity index (χ0v) is 14.6. The number of nitrogens with one attached hydrogen (secondary N) is 2. The summed E-state index contributed by atoms with van der Waals surface area (Å²) in [4.78, 5) is 22.0. The summed E-state index contributed by atoms with van der Waals surface area (Å²) >= 11 is 0. The molecule has 0 spiro atoms. The molecule has 0 radical (unpaired) electrons. The monoisotopic (exact) mass is 380 g/mol. The van der Waals surface area contributed by atoms with Gasteiger partial charge in [0.2, 0.25) is 5.91 Å². The summed E-state index contributed by atoms with van der Waals surface area (Å²) < 4.78 is 32.3. The van der Waals surface area contributed by atoms with Crippen LogP contribution in [0.2, 0.25) is 0 Å². The largest absolute Gasteiger partial charge is 0.507 e. The number of carboxylic acids is 1. The fourth-order valence-corrected chi connectivity index (χ4v) is 3.21. The Morgan fingerprint density at radius 2 is 1.81 bits per heavy atom. The number of hydrogen-bond acceptors (Lipinski definition) is 6. The zero-order chi connectivity index (χ0) is 19.5. The molecule has 0 bridgehead atoms. The van der Waals surface area contributed by atoms with Gasteiger partial charge in [-0.05, 0) is 30.3 Å². The van der Waals surface area contributed by atoms with Gasteiger partial charge in [-0.2, -0.15) is 0 Å². The average Bonchev–Trinajstić information content (AvgIpc) is 2.53. The highest BCUT2D eigenvalue weighted by Gasteiger charge is 2.18. The lowest BCUT2D eigenvalue weighted by molar-refractivity contribution is -0.114. The highest BCUT2D eigenvalue weighted by Crippen LogP contribution is 2.29. The minimum atomic E-state index is -4.06. The fourth-order valence-electron chi connectivity index (χ4n) is 2.13. The molecule has 0 fully saturated rings. The molecular formula is C16H16N2O7S. The number of benzene rings is 2. The number of anilines is 2. The van der Waals surface area contributed by atoms with Gasteiger partial charge in [-0.1, -0.05) is 0 Å². The molecule has 2 rings (SSSR count). The van der Waals surface area contributed by atoms with Gasteiger partial charge in [0.25, 0.3) is 10.0 Å². The van der Waals surface area contributed by atoms with Crippen LogP contribution in [0.5, 0.6) is 11.5 Å². The number of ether oxygens (including phenoxy) is 1. The van der Waals surface area contributed by atoms with Crippen LogP contribution in [0.15, 0.2) is 41.3 Å². The van der Waals surface area contributed by atoms with E-state index < -0.39 is 27.6 Å². The number of methoxy groups -OCH3 is 1. The van der Waals surface area contributed by atoms with Gasteiger partial charge in [0.15, 0.2) is 0 Å². The zero-order valence-electron chi connectivity index (χ0n) is 13.8. The smallest absolute Gasteiger partial charge is 0.339 e. The highest BCUT2D eigenvalue weighted by atomic mass is 32.2. The van der Waals surface area contributed by atoms with E-state index in [0.717, 1.165) is 12.1 Å². The SMILES string of the molecule is COc1ccc(S(=O)(=O)Nc2ccc(C(=O)O)c(O)c2)cc1NC(C)=O. The third-order valence-electron chi connectivity index (χ3n) is 3.27. The summed E-state index contributed by atoms with van der Waals surface area (Å²) in [6, 6.07) is 7.14. The molecule has 138 valence electrons. The molecule has 0 saturated heterocycles. The number of aromatic hydroxyl groups is 1. The summed E-state index contributed by atoms with van der Waals surface area (Å²) in [7, 11) is -2.69. The second kappa shape index (κ2) is 7.31. The van der Waals surface area contributed by atoms with Crippen LogP contribution in [0, 0.1) is 0 Å². The molecule has 26 heavy (non-hydrogen) atoms. The third-order valence-corrected chi connectivity index (χ3v) is 4.65. The van der Waals surface area contributed by atoms with Gasteiger partial charge in [-0.15, -0.1) is 0 Å². The standard InChI is InChI=1S/C16H16N2O7S/c1-9(19)17-13-8-11(4-6-15(13)25-2)26(23,24)18-10-3-5-12(16(21)22)14(20)7-10/h3-8,18,20H,1-2H3,(H,17,19)(H,21,22). The normalized spacial score (nSPS) is 10.8. The van der Waals surface area contributed by atoms with Crippen molar-refractivity contribution in [3.63, 3.8) is 0 Å². The Kier molecular flexibility index (Phi) is 5.36. The molecule has 1 amide bonds. The Labute approximate surface area is 149 Å². The van der Waals surface area contributed by atoms with Crippen LogP contribution in [0.4, 0.5) is 11.4 Å². The molecule has 0 heterocycles. The number of carbonyl (C=O) groups is 2. The van der Waals surface area contributed by atoms with Crippen molar-refractivity contribution < 1.29 is 33.0 Å². The van der Waals surface area contributed by atoms with Gasteiger partial charge in [0, 0.05) is 13.0 Å². The molecule has 0 aliphatic carbocycles. The Bertz CT molecular complexity index is 971. The van der Waals surface area contributed by atoms with Crippen molar-refractivity contribution in [3.05, 3.63) is 42.0 Å². The van der Waals surface area contributed by atoms with Gasteiger partial charge >= 0.3 is 5.97 Å². The number of phenols is 1. The number of carboxylic acid groups (broad SMARTS) is 1. The molecule has 4 N–H and O–H groups in total. The molecule has 0 saturated carbocycles. The molecule has 0 atom stereocenters. The molecule has 0 aliphatic heterocycles. The summed E-state index contributed by atoms with van der Waals surface area (Å²) in [6.07, 6.45) is 0. The van der Waals surface area contributed by atoms with Gasteiger partial charge in [0.1, 0.15) is 17.1 Å². The van der Waals surface area contributed by atoms with E-state index >= 15 is 0 Å². The molecule has 2 aromatic carbocycles. The number of hydrogen-bond donors (Lipinski definition) is 4. The predicted molar refractivity (Wildman–Crippen MR) is 93.2 cm³/mol. The Hall–Kier alpha value is -3.27. The van der Waals surface area contributed by atoms with Crippen LogP contribution in [0.1, 0.15) is 17.3 Å². The summed E-state index contributed by atoms with van der Waals surface area (Å²) in [5.41, 5.74) is -0.207. The first-order valence-corrected chi connectivity index (χ1v) is 8.67. The number of aromatic carboxylic acids is 1. The maximum absolute atomic E-state index is 12.5. The van der Waals surface area contributed by atoms with Crippen molar-refractivity contribution >= 4 is 33.3 Å². The van der Waals surface area contributed by atoms with Crippen molar-refractivity contribution in [3.8, 4) is 11.5 Å². The molecule has 0 aliphatic rings. The van der Waals surface area contributed by atoms with Crippen LogP contribution in [0.3, 0.4) is 0 Å². The van der Waals surface area contributed by atoms with Crippen LogP contribution < -0.4 is 14.8 Å². The van der Waals surface area contributed by atoms with Crippen molar-refractivity contribution in [1.29, 1.82) is 0 Å². The van der Waals surface area contributed by atoms with E-state index in [-0.39, 0.29) is 27.6 Å². The first-order chi connectivity index (χ1) is 12.1. The molecule has 9 nitrogen and oxygen atoms in total. The molecule has 0 unspecified atom stereocenters. The van der Waals surface area contributed by atoms with Crippen molar-refractivity contribution in [2.45, 2.75) is 11.8 Å². The van der Waals surface area contributed by atoms with Crippen LogP contribution in [0.25, 0.3) is 0 Å². The summed E-state index contributed by atoms with van der Waals surface area (Å²) in [5.74, 6) is -2.04. The highest BCUT2D eigenvalue weighted by molar-refractivity contribution is 7.92. The maximum atomic E-state index is 12.5. The van der Waals surface area contributed by atoms with E-state index in [4.69, 9.17) is 9.84 Å². The predicted octanol–water partition coefficient (Wildman–Crippen LogP) is 1.86. The lowest BCUT2D eigenvalue weighted by Crippen LogP contribution is -2.14. The Balaban J connectivity index is 2.37. The molecule has 0 aromatic heterocycles. The third kappa shape index (κ3) is 4.22. The second-order valence-electron chi connectivity index (χ2n) is 5.19. The number of sulfonamides is 1. The minimum Gasteiger partial charge on any atom is -0.507 e. The van der Waals surface area contributed by atoms with Gasteiger partial charge in [-0.25, -0.2) is 13.2 Å². The number of rotatable bonds is 6. The lowest BCUT2D eigenvalue weighted by Gasteiger charge is -2.13. The van der Waals surface area contributed by atoms with Crippen LogP contribution in [-0.4, -0.2) is 37.6 Å². The topological polar surface area (TPSA) is 142 Å². The Morgan fingerprint density at radius 3 is 2.35 bits per heavy atom. The number of amides is 1. The van der Waals surface area contributed by atoms with Crippen LogP contribution in [-0.2, 0) is 14.8 Å². The van der Waals surface area contributed by atoms with E-state index in [9.17, 15) is 23.1 Å². The first-order valence-electron chi connectivity index (χ1n) is 7.19. The van der Waals surface area contributed by atoms with Crippen LogP contribution >= 0.6 is 0 Å². The van der Waals surface area contributed by atoms with E-state index in [1.807, 2.05) is 0 Å². The Morgan fingerprint density at radius 1 is 1.12 bits per heavy atom. The van der Waals surface area contributed by atoms with Gasteiger partial charge < -0.3 is 20.3 Å². The second-order valence-corrected chi connectivity index (χ2v) is 6.87. The van der Waals surface area contributed by atoms with Crippen molar-refractivity contribution in [2.24, 2.45) is 0 Å². The summed E-state index contributed by atoms with van der Waals surface area (Å²) in [5, 5.41) is 21.0. The average molecular weight is 380 g/mol. The van der Waals surface area contributed by atoms with Crippen molar-refractivity contribution in [1.82, 2.24) is 0 Å². The van der Waals surface area contributed by atoms with E-state index in [2.05, 4.69) is 10.0 Å². The maximum Gasteiger partial charge on any atom is 0.339 e. The minimum absolute atomic E-state index is 0.0237. The first kappa shape index (κ1) is 19.1. The van der Waals surface area contributed by atoms with Crippen molar-refractivity contribution in [2.75, 3.05) is 17.1 Å². The van der Waals surface area contributed by atoms with Gasteiger partial charge in [-0.3, -0.25) is 9.52 Å². The fraction of sp³-hybridized carbons (Fsp3) is 0.125. The van der Waals surface area contributed by atoms with Gasteiger partial charge in [0.05, 0.1) is 23.4 Å². The van der Waals surface area contributed by atoms with E-state index in [1.165, 1.54) is 38.3 Å². The molecular weight excluding hydrogens is 364 g/mol. The molecule has 10 heteroatoms. The van der Waals surface area contributed by atoms with E-state index in [0.29, 0.717) is 0 Å².